The smallest absolute Gasteiger partial charge is 0.0847 e. The minimum atomic E-state index is -0.0812. The van der Waals surface area contributed by atoms with Crippen LogP contribution < -0.4 is 5.32 Å². The van der Waals surface area contributed by atoms with E-state index in [0.29, 0.717) is 0 Å². The number of hydrogen-bond donors (Lipinski definition) is 2. The third-order valence-corrected chi connectivity index (χ3v) is 4.19. The molecule has 17 heavy (non-hydrogen) atoms. The Hall–Kier alpha value is -0.580. The molecule has 5 heteroatoms. The molecule has 2 rings (SSSR count). The predicted molar refractivity (Wildman–Crippen MR) is 68.3 cm³/mol. The van der Waals surface area contributed by atoms with E-state index in [9.17, 15) is 5.11 Å². The van der Waals surface area contributed by atoms with Gasteiger partial charge in [-0.1, -0.05) is 11.6 Å². The molecule has 1 aromatic heterocycles. The molecule has 1 aliphatic rings. The van der Waals surface area contributed by atoms with Gasteiger partial charge in [0, 0.05) is 19.0 Å². The second kappa shape index (κ2) is 4.96. The number of nitrogens with zero attached hydrogens (tertiary/aromatic N) is 2. The van der Waals surface area contributed by atoms with Gasteiger partial charge in [0.05, 0.1) is 23.0 Å². The Balaban J connectivity index is 2.23. The SMILES string of the molecule is Cc1nn(C)c(CC2(CO)CCCNC2)c1Cl. The van der Waals surface area contributed by atoms with Gasteiger partial charge in [0.2, 0.25) is 0 Å². The summed E-state index contributed by atoms with van der Waals surface area (Å²) in [5.74, 6) is 0. The second-order valence-electron chi connectivity index (χ2n) is 5.08. The highest BCUT2D eigenvalue weighted by atomic mass is 35.5. The number of aliphatic hydroxyl groups excluding tert-OH is 1. The van der Waals surface area contributed by atoms with E-state index in [4.69, 9.17) is 11.6 Å². The molecule has 4 nitrogen and oxygen atoms in total. The zero-order valence-electron chi connectivity index (χ0n) is 10.5. The highest BCUT2D eigenvalue weighted by molar-refractivity contribution is 6.31. The van der Waals surface area contributed by atoms with Crippen molar-refractivity contribution in [3.05, 3.63) is 16.4 Å². The maximum absolute atomic E-state index is 9.68. The molecule has 0 radical (unpaired) electrons. The second-order valence-corrected chi connectivity index (χ2v) is 5.46. The molecule has 0 aliphatic carbocycles. The van der Waals surface area contributed by atoms with Crippen molar-refractivity contribution in [3.8, 4) is 0 Å². The van der Waals surface area contributed by atoms with Crippen molar-refractivity contribution in [1.29, 1.82) is 0 Å². The number of rotatable bonds is 3. The molecule has 1 saturated heterocycles. The Bertz CT molecular complexity index is 397. The topological polar surface area (TPSA) is 50.1 Å². The van der Waals surface area contributed by atoms with Crippen molar-refractivity contribution in [2.45, 2.75) is 26.2 Å². The lowest BCUT2D eigenvalue weighted by atomic mass is 9.77. The van der Waals surface area contributed by atoms with Crippen LogP contribution in [0.3, 0.4) is 0 Å². The summed E-state index contributed by atoms with van der Waals surface area (Å²) in [6.45, 7) is 4.00. The van der Waals surface area contributed by atoms with Crippen LogP contribution in [0.5, 0.6) is 0 Å². The third-order valence-electron chi connectivity index (χ3n) is 3.70. The van der Waals surface area contributed by atoms with Crippen LogP contribution in [0.25, 0.3) is 0 Å². The number of aromatic nitrogens is 2. The molecule has 1 aliphatic heterocycles. The average molecular weight is 258 g/mol. The van der Waals surface area contributed by atoms with Gasteiger partial charge in [-0.05, 0) is 32.7 Å². The van der Waals surface area contributed by atoms with E-state index < -0.39 is 0 Å². The standard InChI is InChI=1S/C12H20ClN3O/c1-9-11(13)10(16(2)15-9)6-12(8-17)4-3-5-14-7-12/h14,17H,3-8H2,1-2H3. The van der Waals surface area contributed by atoms with Crippen LogP contribution >= 0.6 is 11.6 Å². The lowest BCUT2D eigenvalue weighted by molar-refractivity contribution is 0.0929. The molecule has 96 valence electrons. The summed E-state index contributed by atoms with van der Waals surface area (Å²) in [5.41, 5.74) is 1.81. The fourth-order valence-corrected chi connectivity index (χ4v) is 2.83. The molecular weight excluding hydrogens is 238 g/mol. The molecule has 1 unspecified atom stereocenters. The normalized spacial score (nSPS) is 25.2. The van der Waals surface area contributed by atoms with Crippen LogP contribution in [0.1, 0.15) is 24.2 Å². The lowest BCUT2D eigenvalue weighted by Crippen LogP contribution is -2.44. The van der Waals surface area contributed by atoms with E-state index in [1.54, 1.807) is 0 Å². The number of aryl methyl sites for hydroxylation is 2. The molecular formula is C12H20ClN3O. The quantitative estimate of drug-likeness (QED) is 0.858. The van der Waals surface area contributed by atoms with E-state index in [0.717, 1.165) is 48.8 Å². The summed E-state index contributed by atoms with van der Waals surface area (Å²) in [6, 6.07) is 0. The Morgan fingerprint density at radius 1 is 1.59 bits per heavy atom. The molecule has 1 fully saturated rings. The van der Waals surface area contributed by atoms with Crippen LogP contribution in [-0.4, -0.2) is 34.6 Å². The minimum absolute atomic E-state index is 0.0812. The first-order chi connectivity index (χ1) is 8.08. The van der Waals surface area contributed by atoms with Crippen molar-refractivity contribution < 1.29 is 5.11 Å². The molecule has 0 bridgehead atoms. The lowest BCUT2D eigenvalue weighted by Gasteiger charge is -2.36. The van der Waals surface area contributed by atoms with Crippen molar-refractivity contribution in [3.63, 3.8) is 0 Å². The van der Waals surface area contributed by atoms with Crippen LogP contribution in [0.15, 0.2) is 0 Å². The first-order valence-electron chi connectivity index (χ1n) is 6.07. The third kappa shape index (κ3) is 2.49. The summed E-state index contributed by atoms with van der Waals surface area (Å²) in [5, 5.41) is 18.1. The highest BCUT2D eigenvalue weighted by Crippen LogP contribution is 2.33. The summed E-state index contributed by atoms with van der Waals surface area (Å²) >= 11 is 6.27. The van der Waals surface area contributed by atoms with Gasteiger partial charge in [0.15, 0.2) is 0 Å². The number of hydrogen-bond acceptors (Lipinski definition) is 3. The largest absolute Gasteiger partial charge is 0.396 e. The van der Waals surface area contributed by atoms with Gasteiger partial charge in [0.25, 0.3) is 0 Å². The van der Waals surface area contributed by atoms with Gasteiger partial charge < -0.3 is 10.4 Å². The zero-order valence-corrected chi connectivity index (χ0v) is 11.2. The Kier molecular flexibility index (Phi) is 3.76. The molecule has 0 amide bonds. The number of nitrogens with one attached hydrogen (secondary N) is 1. The van der Waals surface area contributed by atoms with Gasteiger partial charge in [-0.25, -0.2) is 0 Å². The fourth-order valence-electron chi connectivity index (χ4n) is 2.60. The monoisotopic (exact) mass is 257 g/mol. The van der Waals surface area contributed by atoms with Crippen molar-refractivity contribution in [2.75, 3.05) is 19.7 Å². The predicted octanol–water partition coefficient (Wildman–Crippen LogP) is 1.29. The van der Waals surface area contributed by atoms with Gasteiger partial charge in [-0.15, -0.1) is 0 Å². The van der Waals surface area contributed by atoms with Gasteiger partial charge in [0.1, 0.15) is 0 Å². The molecule has 0 saturated carbocycles. The van der Waals surface area contributed by atoms with Gasteiger partial charge in [-0.3, -0.25) is 4.68 Å². The van der Waals surface area contributed by atoms with Crippen LogP contribution in [0.4, 0.5) is 0 Å². The first-order valence-corrected chi connectivity index (χ1v) is 6.45. The Morgan fingerprint density at radius 2 is 2.35 bits per heavy atom. The van der Waals surface area contributed by atoms with Crippen molar-refractivity contribution in [2.24, 2.45) is 12.5 Å². The molecule has 0 aromatic carbocycles. The van der Waals surface area contributed by atoms with E-state index in [2.05, 4.69) is 10.4 Å². The number of aliphatic hydroxyl groups is 1. The van der Waals surface area contributed by atoms with E-state index in [1.165, 1.54) is 0 Å². The van der Waals surface area contributed by atoms with Gasteiger partial charge in [-0.2, -0.15) is 5.10 Å². The van der Waals surface area contributed by atoms with E-state index in [1.807, 2.05) is 18.7 Å². The van der Waals surface area contributed by atoms with Crippen LogP contribution in [0, 0.1) is 12.3 Å². The van der Waals surface area contributed by atoms with E-state index in [-0.39, 0.29) is 12.0 Å². The summed E-state index contributed by atoms with van der Waals surface area (Å²) in [7, 11) is 1.91. The average Bonchev–Trinajstić information content (AvgIpc) is 2.57. The fraction of sp³-hybridized carbons (Fsp3) is 0.750. The molecule has 2 heterocycles. The van der Waals surface area contributed by atoms with Crippen LogP contribution in [-0.2, 0) is 13.5 Å². The summed E-state index contributed by atoms with van der Waals surface area (Å²) in [4.78, 5) is 0. The maximum atomic E-state index is 9.68. The highest BCUT2D eigenvalue weighted by Gasteiger charge is 2.33. The Labute approximate surface area is 107 Å². The Morgan fingerprint density at radius 3 is 2.82 bits per heavy atom. The summed E-state index contributed by atoms with van der Waals surface area (Å²) in [6.07, 6.45) is 2.93. The molecule has 2 N–H and O–H groups in total. The number of piperidine rings is 1. The van der Waals surface area contributed by atoms with Crippen LogP contribution in [0.2, 0.25) is 5.02 Å². The zero-order chi connectivity index (χ0) is 12.5. The van der Waals surface area contributed by atoms with Crippen molar-refractivity contribution >= 4 is 11.6 Å². The minimum Gasteiger partial charge on any atom is -0.396 e. The molecule has 1 atom stereocenters. The molecule has 1 aromatic rings. The van der Waals surface area contributed by atoms with E-state index >= 15 is 0 Å². The van der Waals surface area contributed by atoms with Gasteiger partial charge >= 0.3 is 0 Å². The summed E-state index contributed by atoms with van der Waals surface area (Å²) < 4.78 is 1.84. The number of halogens is 1. The maximum Gasteiger partial charge on any atom is 0.0847 e. The first kappa shape index (κ1) is 12.9. The molecule has 0 spiro atoms. The van der Waals surface area contributed by atoms with Crippen molar-refractivity contribution in [1.82, 2.24) is 15.1 Å².